The molecule has 1 amide bonds. The van der Waals surface area contributed by atoms with Crippen LogP contribution in [0.2, 0.25) is 10.0 Å². The fourth-order valence-electron chi connectivity index (χ4n) is 4.49. The van der Waals surface area contributed by atoms with Crippen LogP contribution >= 0.6 is 23.2 Å². The van der Waals surface area contributed by atoms with Gasteiger partial charge >= 0.3 is 0 Å². The number of nitrogens with zero attached hydrogens (tertiary/aromatic N) is 3. The Hall–Kier alpha value is -2.62. The highest BCUT2D eigenvalue weighted by Gasteiger charge is 2.43. The lowest BCUT2D eigenvalue weighted by Crippen LogP contribution is -2.63. The quantitative estimate of drug-likeness (QED) is 0.580. The summed E-state index contributed by atoms with van der Waals surface area (Å²) in [6, 6.07) is 10.3. The molecule has 8 nitrogen and oxygen atoms in total. The highest BCUT2D eigenvalue weighted by Crippen LogP contribution is 2.36. The molecule has 0 radical (unpaired) electrons. The first kappa shape index (κ1) is 23.1. The van der Waals surface area contributed by atoms with Crippen LogP contribution in [0.3, 0.4) is 0 Å². The molecule has 34 heavy (non-hydrogen) atoms. The summed E-state index contributed by atoms with van der Waals surface area (Å²) < 4.78 is 16.6. The highest BCUT2D eigenvalue weighted by molar-refractivity contribution is 6.35. The number of hydrogen-bond acceptors (Lipinski definition) is 7. The van der Waals surface area contributed by atoms with Crippen LogP contribution in [0.25, 0.3) is 11.3 Å². The number of aromatic nitrogens is 1. The van der Waals surface area contributed by atoms with Crippen LogP contribution in [-0.4, -0.2) is 71.7 Å². The third-order valence-electron chi connectivity index (χ3n) is 6.30. The Balaban J connectivity index is 1.32. The minimum atomic E-state index is -1.54. The van der Waals surface area contributed by atoms with Gasteiger partial charge in [-0.2, -0.15) is 0 Å². The highest BCUT2D eigenvalue weighted by atomic mass is 35.5. The number of ether oxygens (including phenoxy) is 2. The number of methoxy groups -OCH3 is 1. The van der Waals surface area contributed by atoms with E-state index in [4.69, 9.17) is 37.1 Å². The monoisotopic (exact) mass is 503 g/mol. The number of carbonyl (C=O) groups excluding carboxylic acids is 1. The molecule has 2 fully saturated rings. The van der Waals surface area contributed by atoms with E-state index in [1.807, 2.05) is 0 Å². The summed E-state index contributed by atoms with van der Waals surface area (Å²) in [5.41, 5.74) is 1.64. The number of aliphatic hydroxyl groups is 1. The van der Waals surface area contributed by atoms with Crippen molar-refractivity contribution in [3.63, 3.8) is 0 Å². The normalized spacial score (nSPS) is 22.9. The zero-order valence-electron chi connectivity index (χ0n) is 18.4. The molecule has 2 aromatic carbocycles. The molecule has 2 saturated heterocycles. The lowest BCUT2D eigenvalue weighted by atomic mass is 9.98. The average molecular weight is 504 g/mol. The predicted octanol–water partition coefficient (Wildman–Crippen LogP) is 3.66. The van der Waals surface area contributed by atoms with Crippen LogP contribution in [0.15, 0.2) is 53.4 Å². The second-order valence-electron chi connectivity index (χ2n) is 8.39. The van der Waals surface area contributed by atoms with Gasteiger partial charge < -0.3 is 23.9 Å². The Morgan fingerprint density at radius 1 is 1.26 bits per heavy atom. The number of rotatable bonds is 4. The van der Waals surface area contributed by atoms with Gasteiger partial charge in [-0.3, -0.25) is 9.69 Å². The van der Waals surface area contributed by atoms with Crippen molar-refractivity contribution in [2.24, 2.45) is 0 Å². The minimum absolute atomic E-state index is 0.0599. The van der Waals surface area contributed by atoms with Crippen LogP contribution in [0.5, 0.6) is 5.75 Å². The van der Waals surface area contributed by atoms with Gasteiger partial charge in [-0.15, -0.1) is 0 Å². The molecule has 10 heteroatoms. The van der Waals surface area contributed by atoms with Crippen molar-refractivity contribution in [1.29, 1.82) is 0 Å². The Kier molecular flexibility index (Phi) is 6.26. The van der Waals surface area contributed by atoms with Gasteiger partial charge in [-0.1, -0.05) is 29.3 Å². The number of morpholine rings is 1. The van der Waals surface area contributed by atoms with Gasteiger partial charge in [0.25, 0.3) is 5.91 Å². The smallest absolute Gasteiger partial charge is 0.255 e. The van der Waals surface area contributed by atoms with E-state index in [0.717, 1.165) is 0 Å². The van der Waals surface area contributed by atoms with Crippen LogP contribution in [0.4, 0.5) is 0 Å². The van der Waals surface area contributed by atoms with Gasteiger partial charge in [0.1, 0.15) is 5.75 Å². The van der Waals surface area contributed by atoms with Crippen molar-refractivity contribution >= 4 is 29.1 Å². The second-order valence-corrected chi connectivity index (χ2v) is 9.20. The number of benzene rings is 2. The zero-order chi connectivity index (χ0) is 23.9. The molecule has 0 spiro atoms. The summed E-state index contributed by atoms with van der Waals surface area (Å²) in [5.74, 6) is -0.693. The van der Waals surface area contributed by atoms with Gasteiger partial charge in [-0.05, 0) is 30.3 Å². The Bertz CT molecular complexity index is 1210. The van der Waals surface area contributed by atoms with E-state index in [-0.39, 0.29) is 25.1 Å². The molecule has 2 atom stereocenters. The molecule has 178 valence electrons. The summed E-state index contributed by atoms with van der Waals surface area (Å²) in [4.78, 5) is 21.0. The SMILES string of the molecule is COc1cccc(C(=O)N2CCN3C[C@@](O)(c4cc(Cl)cc(-c5cnco5)c4)OC[C@@H]3C2)c1Cl. The molecule has 0 saturated carbocycles. The van der Waals surface area contributed by atoms with Crippen molar-refractivity contribution in [3.8, 4) is 17.1 Å². The molecule has 1 aromatic heterocycles. The summed E-state index contributed by atoms with van der Waals surface area (Å²) in [7, 11) is 1.52. The molecule has 2 aliphatic heterocycles. The topological polar surface area (TPSA) is 88.3 Å². The van der Waals surface area contributed by atoms with Gasteiger partial charge in [-0.25, -0.2) is 4.98 Å². The molecule has 2 aliphatic rings. The molecule has 3 aromatic rings. The fraction of sp³-hybridized carbons (Fsp3) is 0.333. The molecular weight excluding hydrogens is 481 g/mol. The van der Waals surface area contributed by atoms with E-state index in [0.29, 0.717) is 57.9 Å². The molecule has 0 aliphatic carbocycles. The van der Waals surface area contributed by atoms with Crippen LogP contribution < -0.4 is 4.74 Å². The first-order valence-corrected chi connectivity index (χ1v) is 11.6. The van der Waals surface area contributed by atoms with Crippen molar-refractivity contribution in [1.82, 2.24) is 14.8 Å². The van der Waals surface area contributed by atoms with Crippen LogP contribution in [0, 0.1) is 0 Å². The maximum absolute atomic E-state index is 13.1. The molecule has 5 rings (SSSR count). The average Bonchev–Trinajstić information content (AvgIpc) is 3.38. The first-order chi connectivity index (χ1) is 16.4. The Morgan fingerprint density at radius 3 is 2.88 bits per heavy atom. The van der Waals surface area contributed by atoms with E-state index < -0.39 is 5.79 Å². The lowest BCUT2D eigenvalue weighted by Gasteiger charge is -2.49. The van der Waals surface area contributed by atoms with E-state index in [1.54, 1.807) is 47.5 Å². The van der Waals surface area contributed by atoms with Crippen molar-refractivity contribution in [3.05, 3.63) is 70.2 Å². The zero-order valence-corrected chi connectivity index (χ0v) is 19.9. The summed E-state index contributed by atoms with van der Waals surface area (Å²) >= 11 is 12.7. The number of amides is 1. The van der Waals surface area contributed by atoms with Gasteiger partial charge in [0.05, 0.1) is 43.1 Å². The third kappa shape index (κ3) is 4.28. The number of halogens is 2. The second kappa shape index (κ2) is 9.20. The number of carbonyl (C=O) groups is 1. The predicted molar refractivity (Wildman–Crippen MR) is 126 cm³/mol. The van der Waals surface area contributed by atoms with E-state index in [2.05, 4.69) is 9.88 Å². The summed E-state index contributed by atoms with van der Waals surface area (Å²) in [5, 5.41) is 12.1. The van der Waals surface area contributed by atoms with Crippen LogP contribution in [-0.2, 0) is 10.5 Å². The molecule has 3 heterocycles. The van der Waals surface area contributed by atoms with E-state index in [9.17, 15) is 9.90 Å². The number of hydrogen-bond donors (Lipinski definition) is 1. The maximum atomic E-state index is 13.1. The molecular formula is C24H23Cl2N3O5. The largest absolute Gasteiger partial charge is 0.495 e. The van der Waals surface area contributed by atoms with Gasteiger partial charge in [0.15, 0.2) is 12.2 Å². The summed E-state index contributed by atoms with van der Waals surface area (Å²) in [6.45, 7) is 2.03. The third-order valence-corrected chi connectivity index (χ3v) is 6.91. The summed E-state index contributed by atoms with van der Waals surface area (Å²) in [6.07, 6.45) is 2.92. The molecule has 1 N–H and O–H groups in total. The van der Waals surface area contributed by atoms with Crippen molar-refractivity contribution in [2.75, 3.05) is 39.9 Å². The van der Waals surface area contributed by atoms with Gasteiger partial charge in [0, 0.05) is 35.8 Å². The number of oxazole rings is 1. The first-order valence-electron chi connectivity index (χ1n) is 10.8. The van der Waals surface area contributed by atoms with Crippen molar-refractivity contribution < 1.29 is 23.8 Å². The van der Waals surface area contributed by atoms with Crippen LogP contribution in [0.1, 0.15) is 15.9 Å². The van der Waals surface area contributed by atoms with E-state index in [1.165, 1.54) is 13.5 Å². The Labute approximate surface area is 206 Å². The maximum Gasteiger partial charge on any atom is 0.255 e. The number of fused-ring (bicyclic) bond motifs is 1. The van der Waals surface area contributed by atoms with Gasteiger partial charge in [0.2, 0.25) is 5.79 Å². The van der Waals surface area contributed by atoms with Crippen molar-refractivity contribution in [2.45, 2.75) is 11.8 Å². The molecule has 0 unspecified atom stereocenters. The Morgan fingerprint density at radius 2 is 2.12 bits per heavy atom. The number of piperazine rings is 1. The van der Waals surface area contributed by atoms with E-state index >= 15 is 0 Å². The fourth-order valence-corrected chi connectivity index (χ4v) is 5.01. The molecule has 0 bridgehead atoms. The standard InChI is InChI=1S/C24H23Cl2N3O5/c1-32-20-4-2-3-19(22(20)26)23(30)28-5-6-29-13-24(31,34-12-18(29)11-28)16-7-15(8-17(25)9-16)21-10-27-14-33-21/h2-4,7-10,14,18,31H,5-6,11-13H2,1H3/t18-,24-/m0/s1. The minimum Gasteiger partial charge on any atom is -0.495 e. The lowest BCUT2D eigenvalue weighted by molar-refractivity contribution is -0.265.